The minimum atomic E-state index is -4.38. The van der Waals surface area contributed by atoms with Gasteiger partial charge in [-0.2, -0.15) is 13.4 Å². The highest BCUT2D eigenvalue weighted by atomic mass is 35.5. The Morgan fingerprint density at radius 1 is 1.17 bits per heavy atom. The molecule has 0 atom stereocenters. The van der Waals surface area contributed by atoms with Crippen LogP contribution in [0.2, 0.25) is 0 Å². The molecular formula is C14H12Cl2N4O3S. The number of halogens is 2. The lowest BCUT2D eigenvalue weighted by Gasteiger charge is -2.08. The van der Waals surface area contributed by atoms with Crippen molar-refractivity contribution in [2.75, 3.05) is 0 Å². The molecule has 0 amide bonds. The van der Waals surface area contributed by atoms with Crippen molar-refractivity contribution in [3.63, 3.8) is 0 Å². The molecule has 24 heavy (non-hydrogen) atoms. The lowest BCUT2D eigenvalue weighted by molar-refractivity contribution is 0.484. The number of nitrogens with one attached hydrogen (secondary N) is 1. The summed E-state index contributed by atoms with van der Waals surface area (Å²) in [5, 5.41) is 3.09. The van der Waals surface area contributed by atoms with E-state index in [0.717, 1.165) is 0 Å². The Balaban J connectivity index is 2.71. The number of nitrogens with zero attached hydrogens (tertiary/aromatic N) is 2. The van der Waals surface area contributed by atoms with Crippen molar-refractivity contribution in [2.45, 2.75) is 4.90 Å². The summed E-state index contributed by atoms with van der Waals surface area (Å²) in [6.45, 7) is 3.46. The second-order valence-corrected chi connectivity index (χ2v) is 6.74. The molecule has 0 fully saturated rings. The number of guanidine groups is 1. The zero-order valence-electron chi connectivity index (χ0n) is 12.1. The topological polar surface area (TPSA) is 117 Å². The second kappa shape index (κ2) is 7.18. The molecule has 0 bridgehead atoms. The van der Waals surface area contributed by atoms with Gasteiger partial charge >= 0.3 is 0 Å². The van der Waals surface area contributed by atoms with Gasteiger partial charge in [0.2, 0.25) is 5.96 Å². The van der Waals surface area contributed by atoms with Crippen molar-refractivity contribution < 1.29 is 13.0 Å². The summed E-state index contributed by atoms with van der Waals surface area (Å²) in [5.41, 5.74) is 5.69. The molecule has 0 aliphatic carbocycles. The van der Waals surface area contributed by atoms with Gasteiger partial charge in [0.15, 0.2) is 5.29 Å². The molecule has 7 nitrogen and oxygen atoms in total. The fraction of sp³-hybridized carbons (Fsp3) is 0. The largest absolute Gasteiger partial charge is 0.374 e. The van der Waals surface area contributed by atoms with E-state index in [1.54, 1.807) is 24.3 Å². The average Bonchev–Trinajstić information content (AvgIpc) is 2.44. The van der Waals surface area contributed by atoms with Gasteiger partial charge in [-0.25, -0.2) is 4.99 Å². The van der Waals surface area contributed by atoms with Gasteiger partial charge in [-0.1, -0.05) is 42.4 Å². The van der Waals surface area contributed by atoms with Gasteiger partial charge in [-0.15, -0.1) is 0 Å². The first-order valence-electron chi connectivity index (χ1n) is 6.37. The third-order valence-corrected chi connectivity index (χ3v) is 3.91. The van der Waals surface area contributed by atoms with E-state index in [9.17, 15) is 13.0 Å². The van der Waals surface area contributed by atoms with Gasteiger partial charge in [0.05, 0.1) is 5.69 Å². The summed E-state index contributed by atoms with van der Waals surface area (Å²) in [5.74, 6) is -0.0349. The maximum Gasteiger partial charge on any atom is 0.295 e. The molecule has 2 aromatic carbocycles. The standard InChI is InChI=1S/C14H12Cl2N4O3S/c1-8(15)18-14(20-13(16)17)19-11-6-2-5-10-9(11)4-3-7-12(10)24(21,22)23/h2-7H,1H2,(H,21,22,23)(H3,17,18,19,20). The zero-order chi connectivity index (χ0) is 17.9. The van der Waals surface area contributed by atoms with Crippen molar-refractivity contribution in [3.05, 3.63) is 48.1 Å². The molecule has 0 radical (unpaired) electrons. The molecule has 0 saturated carbocycles. The van der Waals surface area contributed by atoms with E-state index in [-0.39, 0.29) is 21.3 Å². The smallest absolute Gasteiger partial charge is 0.295 e. The van der Waals surface area contributed by atoms with Gasteiger partial charge in [0, 0.05) is 10.8 Å². The number of hydrogen-bond donors (Lipinski definition) is 3. The minimum Gasteiger partial charge on any atom is -0.374 e. The quantitative estimate of drug-likeness (QED) is 0.324. The maximum atomic E-state index is 11.5. The van der Waals surface area contributed by atoms with Gasteiger partial charge in [0.25, 0.3) is 10.1 Å². The fourth-order valence-corrected chi connectivity index (χ4v) is 2.88. The highest BCUT2D eigenvalue weighted by molar-refractivity contribution is 7.86. The Kier molecular flexibility index (Phi) is 5.45. The van der Waals surface area contributed by atoms with Gasteiger partial charge in [-0.05, 0) is 23.7 Å². The van der Waals surface area contributed by atoms with E-state index in [4.69, 9.17) is 28.9 Å². The Labute approximate surface area is 148 Å². The van der Waals surface area contributed by atoms with Crippen LogP contribution in [0.1, 0.15) is 0 Å². The molecule has 0 heterocycles. The van der Waals surface area contributed by atoms with Crippen LogP contribution >= 0.6 is 23.2 Å². The minimum absolute atomic E-state index is 0.0349. The first-order chi connectivity index (χ1) is 11.2. The third-order valence-electron chi connectivity index (χ3n) is 2.82. The number of nitrogens with two attached hydrogens (primary N) is 1. The van der Waals surface area contributed by atoms with Crippen molar-refractivity contribution in [1.82, 2.24) is 5.32 Å². The van der Waals surface area contributed by atoms with Crippen LogP contribution in [0.5, 0.6) is 0 Å². The summed E-state index contributed by atoms with van der Waals surface area (Å²) < 4.78 is 32.3. The summed E-state index contributed by atoms with van der Waals surface area (Å²) in [4.78, 5) is 7.77. The van der Waals surface area contributed by atoms with Crippen LogP contribution in [0, 0.1) is 0 Å². The molecule has 2 aromatic rings. The molecule has 0 aromatic heterocycles. The lowest BCUT2D eigenvalue weighted by Crippen LogP contribution is -2.20. The Morgan fingerprint density at radius 3 is 2.38 bits per heavy atom. The molecule has 0 unspecified atom stereocenters. The number of amidine groups is 1. The monoisotopic (exact) mass is 386 g/mol. The van der Waals surface area contributed by atoms with E-state index in [0.29, 0.717) is 16.5 Å². The van der Waals surface area contributed by atoms with E-state index < -0.39 is 10.1 Å². The van der Waals surface area contributed by atoms with Crippen LogP contribution in [0.3, 0.4) is 0 Å². The molecular weight excluding hydrogens is 375 g/mol. The van der Waals surface area contributed by atoms with E-state index in [1.807, 2.05) is 0 Å². The predicted octanol–water partition coefficient (Wildman–Crippen LogP) is 2.93. The first-order valence-corrected chi connectivity index (χ1v) is 8.57. The SMILES string of the molecule is C=C(Cl)NC(N=C(N)Cl)=Nc1cccc2c(S(=O)(=O)O)cccc12. The molecule has 4 N–H and O–H groups in total. The number of benzene rings is 2. The number of aliphatic imine (C=N–C) groups is 2. The van der Waals surface area contributed by atoms with Crippen LogP contribution in [-0.4, -0.2) is 24.2 Å². The Morgan fingerprint density at radius 2 is 1.79 bits per heavy atom. The second-order valence-electron chi connectivity index (χ2n) is 4.50. The van der Waals surface area contributed by atoms with Crippen molar-refractivity contribution >= 4 is 61.0 Å². The molecule has 0 aliphatic rings. The lowest BCUT2D eigenvalue weighted by atomic mass is 10.1. The Bertz CT molecular complexity index is 967. The van der Waals surface area contributed by atoms with Gasteiger partial charge in [-0.3, -0.25) is 4.55 Å². The highest BCUT2D eigenvalue weighted by Gasteiger charge is 2.15. The maximum absolute atomic E-state index is 11.5. The summed E-state index contributed by atoms with van der Waals surface area (Å²) >= 11 is 11.2. The van der Waals surface area contributed by atoms with Crippen LogP contribution in [0.25, 0.3) is 10.8 Å². The normalized spacial score (nSPS) is 13.1. The molecule has 0 spiro atoms. The van der Waals surface area contributed by atoms with E-state index >= 15 is 0 Å². The first kappa shape index (κ1) is 18.2. The number of hydrogen-bond acceptors (Lipinski definition) is 3. The van der Waals surface area contributed by atoms with Crippen molar-refractivity contribution in [1.29, 1.82) is 0 Å². The number of fused-ring (bicyclic) bond motifs is 1. The van der Waals surface area contributed by atoms with Crippen LogP contribution in [0.4, 0.5) is 5.69 Å². The van der Waals surface area contributed by atoms with Crippen LogP contribution < -0.4 is 11.1 Å². The third kappa shape index (κ3) is 4.45. The van der Waals surface area contributed by atoms with Crippen LogP contribution in [-0.2, 0) is 10.1 Å². The molecule has 2 rings (SSSR count). The highest BCUT2D eigenvalue weighted by Crippen LogP contribution is 2.30. The Hall–Kier alpha value is -2.13. The fourth-order valence-electron chi connectivity index (χ4n) is 2.00. The van der Waals surface area contributed by atoms with E-state index in [1.165, 1.54) is 12.1 Å². The number of rotatable bonds is 3. The van der Waals surface area contributed by atoms with Crippen molar-refractivity contribution in [3.8, 4) is 0 Å². The summed E-state index contributed by atoms with van der Waals surface area (Å²) in [6, 6.07) is 9.16. The molecule has 0 saturated heterocycles. The van der Waals surface area contributed by atoms with Gasteiger partial charge < -0.3 is 11.1 Å². The average molecular weight is 387 g/mol. The summed E-state index contributed by atoms with van der Waals surface area (Å²) in [7, 11) is -4.38. The van der Waals surface area contributed by atoms with Gasteiger partial charge in [0.1, 0.15) is 10.1 Å². The van der Waals surface area contributed by atoms with Crippen molar-refractivity contribution in [2.24, 2.45) is 15.7 Å². The molecule has 10 heteroatoms. The molecule has 126 valence electrons. The zero-order valence-corrected chi connectivity index (χ0v) is 14.4. The predicted molar refractivity (Wildman–Crippen MR) is 96.5 cm³/mol. The summed E-state index contributed by atoms with van der Waals surface area (Å²) in [6.07, 6.45) is 0. The molecule has 0 aliphatic heterocycles. The van der Waals surface area contributed by atoms with Crippen LogP contribution in [0.15, 0.2) is 63.0 Å². The van der Waals surface area contributed by atoms with E-state index in [2.05, 4.69) is 21.9 Å².